The summed E-state index contributed by atoms with van der Waals surface area (Å²) >= 11 is 0. The highest BCUT2D eigenvalue weighted by Crippen LogP contribution is 2.58. The van der Waals surface area contributed by atoms with Crippen LogP contribution >= 0.6 is 0 Å². The molecule has 134 valence electrons. The van der Waals surface area contributed by atoms with E-state index >= 15 is 0 Å². The summed E-state index contributed by atoms with van der Waals surface area (Å²) < 4.78 is 13.3. The molecule has 26 heavy (non-hydrogen) atoms. The molecule has 1 heterocycles. The minimum atomic E-state index is -0.369. The number of hydrogen-bond acceptors (Lipinski definition) is 2. The molecular weight excluding hydrogens is 331 g/mol. The normalized spacial score (nSPS) is 23.9. The molecule has 0 bridgehead atoms. The summed E-state index contributed by atoms with van der Waals surface area (Å²) in [6.45, 7) is 1.34. The van der Waals surface area contributed by atoms with E-state index in [9.17, 15) is 14.0 Å². The van der Waals surface area contributed by atoms with Crippen molar-refractivity contribution in [3.63, 3.8) is 0 Å². The van der Waals surface area contributed by atoms with Crippen LogP contribution < -0.4 is 5.32 Å². The van der Waals surface area contributed by atoms with Crippen LogP contribution in [0.2, 0.25) is 0 Å². The van der Waals surface area contributed by atoms with Gasteiger partial charge in [0.15, 0.2) is 0 Å². The van der Waals surface area contributed by atoms with Crippen molar-refractivity contribution in [1.82, 2.24) is 4.90 Å². The zero-order chi connectivity index (χ0) is 18.1. The Balaban J connectivity index is 1.34. The third-order valence-electron chi connectivity index (χ3n) is 5.53. The minimum Gasteiger partial charge on any atom is -0.342 e. The molecule has 2 atom stereocenters. The lowest BCUT2D eigenvalue weighted by atomic mass is 10.0. The second-order valence-corrected chi connectivity index (χ2v) is 7.35. The Kier molecular flexibility index (Phi) is 4.23. The van der Waals surface area contributed by atoms with Gasteiger partial charge in [0.2, 0.25) is 11.8 Å². The fourth-order valence-electron chi connectivity index (χ4n) is 3.96. The number of benzene rings is 2. The SMILES string of the molecule is O=C(Nc1cccc(F)c1)[C@@H]1C[C@]12CCN(C(=O)Cc1ccccc1)C2. The molecule has 1 N–H and O–H groups in total. The Morgan fingerprint density at radius 3 is 2.73 bits per heavy atom. The van der Waals surface area contributed by atoms with E-state index < -0.39 is 0 Å². The van der Waals surface area contributed by atoms with Crippen molar-refractivity contribution >= 4 is 17.5 Å². The number of likely N-dealkylation sites (tertiary alicyclic amines) is 1. The van der Waals surface area contributed by atoms with Crippen LogP contribution in [0.15, 0.2) is 54.6 Å². The Labute approximate surface area is 152 Å². The zero-order valence-corrected chi connectivity index (χ0v) is 14.5. The number of hydrogen-bond donors (Lipinski definition) is 1. The average molecular weight is 352 g/mol. The second-order valence-electron chi connectivity index (χ2n) is 7.35. The molecule has 1 saturated carbocycles. The molecule has 2 fully saturated rings. The number of rotatable bonds is 4. The number of carbonyl (C=O) groups excluding carboxylic acids is 2. The van der Waals surface area contributed by atoms with Crippen molar-refractivity contribution in [2.45, 2.75) is 19.3 Å². The molecule has 1 aliphatic heterocycles. The Morgan fingerprint density at radius 2 is 1.96 bits per heavy atom. The van der Waals surface area contributed by atoms with Crippen molar-refractivity contribution in [2.24, 2.45) is 11.3 Å². The van der Waals surface area contributed by atoms with Crippen molar-refractivity contribution in [1.29, 1.82) is 0 Å². The quantitative estimate of drug-likeness (QED) is 0.918. The van der Waals surface area contributed by atoms with E-state index in [0.717, 1.165) is 18.4 Å². The highest BCUT2D eigenvalue weighted by molar-refractivity contribution is 5.95. The van der Waals surface area contributed by atoms with E-state index in [-0.39, 0.29) is 29.0 Å². The summed E-state index contributed by atoms with van der Waals surface area (Å²) in [4.78, 5) is 26.9. The van der Waals surface area contributed by atoms with E-state index in [2.05, 4.69) is 5.32 Å². The number of nitrogens with zero attached hydrogens (tertiary/aromatic N) is 1. The molecule has 4 rings (SSSR count). The topological polar surface area (TPSA) is 49.4 Å². The Bertz CT molecular complexity index is 839. The summed E-state index contributed by atoms with van der Waals surface area (Å²) in [5.74, 6) is -0.427. The van der Waals surface area contributed by atoms with E-state index in [4.69, 9.17) is 0 Å². The standard InChI is InChI=1S/C21H21FN2O2/c22-16-7-4-8-17(12-16)23-20(26)18-13-21(18)9-10-24(14-21)19(25)11-15-5-2-1-3-6-15/h1-8,12,18H,9-11,13-14H2,(H,23,26)/t18-,21-/m0/s1. The van der Waals surface area contributed by atoms with Gasteiger partial charge in [-0.1, -0.05) is 36.4 Å². The van der Waals surface area contributed by atoms with Gasteiger partial charge in [0.25, 0.3) is 0 Å². The lowest BCUT2D eigenvalue weighted by Gasteiger charge is -2.17. The van der Waals surface area contributed by atoms with Gasteiger partial charge < -0.3 is 10.2 Å². The number of nitrogens with one attached hydrogen (secondary N) is 1. The van der Waals surface area contributed by atoms with E-state index in [1.165, 1.54) is 12.1 Å². The molecule has 2 aliphatic rings. The summed E-state index contributed by atoms with van der Waals surface area (Å²) in [5, 5.41) is 2.80. The predicted octanol–water partition coefficient (Wildman–Crippen LogP) is 3.25. The third-order valence-corrected chi connectivity index (χ3v) is 5.53. The van der Waals surface area contributed by atoms with Gasteiger partial charge in [0.1, 0.15) is 5.82 Å². The lowest BCUT2D eigenvalue weighted by Crippen LogP contribution is -2.31. The van der Waals surface area contributed by atoms with Gasteiger partial charge in [-0.2, -0.15) is 0 Å². The van der Waals surface area contributed by atoms with Crippen molar-refractivity contribution in [3.05, 3.63) is 66.0 Å². The maximum atomic E-state index is 13.3. The molecule has 1 aliphatic carbocycles. The van der Waals surface area contributed by atoms with Gasteiger partial charge in [-0.3, -0.25) is 9.59 Å². The van der Waals surface area contributed by atoms with Crippen LogP contribution in [0.25, 0.3) is 0 Å². The van der Waals surface area contributed by atoms with Gasteiger partial charge >= 0.3 is 0 Å². The molecule has 2 aromatic carbocycles. The molecular formula is C21H21FN2O2. The molecule has 0 radical (unpaired) electrons. The number of amides is 2. The first kappa shape index (κ1) is 16.8. The molecule has 5 heteroatoms. The zero-order valence-electron chi connectivity index (χ0n) is 14.5. The van der Waals surface area contributed by atoms with Gasteiger partial charge in [0, 0.05) is 30.1 Å². The third kappa shape index (κ3) is 3.34. The molecule has 1 saturated heterocycles. The fourth-order valence-corrected chi connectivity index (χ4v) is 3.96. The highest BCUT2D eigenvalue weighted by atomic mass is 19.1. The molecule has 2 aromatic rings. The number of halogens is 1. The largest absolute Gasteiger partial charge is 0.342 e. The van der Waals surface area contributed by atoms with Crippen molar-refractivity contribution < 1.29 is 14.0 Å². The van der Waals surface area contributed by atoms with Gasteiger partial charge in [0.05, 0.1) is 6.42 Å². The minimum absolute atomic E-state index is 0.0760. The first-order valence-corrected chi connectivity index (χ1v) is 8.94. The van der Waals surface area contributed by atoms with E-state index in [0.29, 0.717) is 25.2 Å². The van der Waals surface area contributed by atoms with Crippen LogP contribution in [-0.2, 0) is 16.0 Å². The summed E-state index contributed by atoms with van der Waals surface area (Å²) in [6.07, 6.45) is 2.05. The smallest absolute Gasteiger partial charge is 0.228 e. The maximum Gasteiger partial charge on any atom is 0.228 e. The maximum absolute atomic E-state index is 13.3. The van der Waals surface area contributed by atoms with Crippen LogP contribution in [0, 0.1) is 17.2 Å². The Morgan fingerprint density at radius 1 is 1.15 bits per heavy atom. The molecule has 4 nitrogen and oxygen atoms in total. The van der Waals surface area contributed by atoms with Crippen LogP contribution in [0.4, 0.5) is 10.1 Å². The van der Waals surface area contributed by atoms with Gasteiger partial charge in [-0.05, 0) is 36.6 Å². The summed E-state index contributed by atoms with van der Waals surface area (Å²) in [5.41, 5.74) is 1.39. The number of carbonyl (C=O) groups is 2. The van der Waals surface area contributed by atoms with Gasteiger partial charge in [-0.15, -0.1) is 0 Å². The molecule has 0 aromatic heterocycles. The van der Waals surface area contributed by atoms with Crippen LogP contribution in [-0.4, -0.2) is 29.8 Å². The van der Waals surface area contributed by atoms with Crippen LogP contribution in [0.5, 0.6) is 0 Å². The van der Waals surface area contributed by atoms with E-state index in [1.54, 1.807) is 12.1 Å². The molecule has 1 spiro atoms. The molecule has 2 amide bonds. The second kappa shape index (κ2) is 6.56. The van der Waals surface area contributed by atoms with Crippen molar-refractivity contribution in [3.8, 4) is 0 Å². The first-order chi connectivity index (χ1) is 12.6. The highest BCUT2D eigenvalue weighted by Gasteiger charge is 2.61. The summed E-state index contributed by atoms with van der Waals surface area (Å²) in [6, 6.07) is 15.6. The average Bonchev–Trinajstić information content (AvgIpc) is 3.16. The Hall–Kier alpha value is -2.69. The summed E-state index contributed by atoms with van der Waals surface area (Å²) in [7, 11) is 0. The van der Waals surface area contributed by atoms with Crippen LogP contribution in [0.3, 0.4) is 0 Å². The van der Waals surface area contributed by atoms with Crippen molar-refractivity contribution in [2.75, 3.05) is 18.4 Å². The van der Waals surface area contributed by atoms with Crippen LogP contribution in [0.1, 0.15) is 18.4 Å². The lowest BCUT2D eigenvalue weighted by molar-refractivity contribution is -0.129. The fraction of sp³-hybridized carbons (Fsp3) is 0.333. The van der Waals surface area contributed by atoms with Gasteiger partial charge in [-0.25, -0.2) is 4.39 Å². The number of anilines is 1. The predicted molar refractivity (Wildman–Crippen MR) is 96.9 cm³/mol. The van der Waals surface area contributed by atoms with E-state index in [1.807, 2.05) is 35.2 Å². The molecule has 0 unspecified atom stereocenters. The monoisotopic (exact) mass is 352 g/mol. The first-order valence-electron chi connectivity index (χ1n) is 8.94.